The van der Waals surface area contributed by atoms with Crippen molar-refractivity contribution >= 4 is 40.9 Å². The zero-order valence-electron chi connectivity index (χ0n) is 10.6. The quantitative estimate of drug-likeness (QED) is 0.671. The van der Waals surface area contributed by atoms with Crippen LogP contribution in [0.4, 0.5) is 5.69 Å². The minimum atomic E-state index is 0.288. The van der Waals surface area contributed by atoms with Gasteiger partial charge in [-0.05, 0) is 24.3 Å². The van der Waals surface area contributed by atoms with Gasteiger partial charge >= 0.3 is 0 Å². The minimum absolute atomic E-state index is 0.288. The van der Waals surface area contributed by atoms with E-state index >= 15 is 0 Å². The van der Waals surface area contributed by atoms with Gasteiger partial charge < -0.3 is 5.73 Å². The molecule has 2 rings (SSSR count). The molecule has 0 saturated carbocycles. The van der Waals surface area contributed by atoms with Gasteiger partial charge in [-0.1, -0.05) is 47.5 Å². The van der Waals surface area contributed by atoms with E-state index in [1.54, 1.807) is 24.4 Å². The van der Waals surface area contributed by atoms with Crippen molar-refractivity contribution in [3.63, 3.8) is 0 Å². The van der Waals surface area contributed by atoms with Crippen LogP contribution in [0.5, 0.6) is 0 Å². The Morgan fingerprint density at radius 2 is 1.65 bits per heavy atom. The van der Waals surface area contributed by atoms with Crippen molar-refractivity contribution in [3.05, 3.63) is 64.1 Å². The Morgan fingerprint density at radius 3 is 2.30 bits per heavy atom. The van der Waals surface area contributed by atoms with Crippen LogP contribution in [0.15, 0.2) is 58.5 Å². The number of halogens is 2. The van der Waals surface area contributed by atoms with Gasteiger partial charge in [0.05, 0.1) is 22.3 Å². The summed E-state index contributed by atoms with van der Waals surface area (Å²) in [7, 11) is 0. The number of hydrogen-bond acceptors (Lipinski definition) is 2. The van der Waals surface area contributed by atoms with Crippen molar-refractivity contribution in [1.82, 2.24) is 0 Å². The molecule has 0 amide bonds. The summed E-state index contributed by atoms with van der Waals surface area (Å²) in [6, 6.07) is 14.8. The highest BCUT2D eigenvalue weighted by Gasteiger charge is 2.01. The second-order valence-electron chi connectivity index (χ2n) is 4.04. The molecule has 5 heteroatoms. The molecule has 0 bridgehead atoms. The van der Waals surface area contributed by atoms with Crippen molar-refractivity contribution in [2.75, 3.05) is 6.54 Å². The summed E-state index contributed by atoms with van der Waals surface area (Å²) in [6.07, 6.45) is 1.61. The smallest absolute Gasteiger partial charge is 0.121 e. The molecule has 0 unspecified atom stereocenters. The number of benzene rings is 2. The van der Waals surface area contributed by atoms with Crippen LogP contribution in [-0.4, -0.2) is 18.6 Å². The van der Waals surface area contributed by atoms with Gasteiger partial charge in [0, 0.05) is 11.8 Å². The van der Waals surface area contributed by atoms with Crippen LogP contribution >= 0.6 is 23.2 Å². The lowest BCUT2D eigenvalue weighted by atomic mass is 10.2. The SMILES string of the molecule is NC(CN=Cc1c(Cl)cccc1Cl)=Nc1ccccc1. The summed E-state index contributed by atoms with van der Waals surface area (Å²) in [5, 5.41) is 1.11. The fourth-order valence-electron chi connectivity index (χ4n) is 1.57. The lowest BCUT2D eigenvalue weighted by molar-refractivity contribution is 1.26. The Morgan fingerprint density at radius 1 is 1.00 bits per heavy atom. The Bertz CT molecular complexity index is 617. The van der Waals surface area contributed by atoms with E-state index in [-0.39, 0.29) is 6.54 Å². The van der Waals surface area contributed by atoms with Crippen LogP contribution in [0.2, 0.25) is 10.0 Å². The second kappa shape index (κ2) is 7.08. The van der Waals surface area contributed by atoms with E-state index in [1.165, 1.54) is 0 Å². The largest absolute Gasteiger partial charge is 0.386 e. The van der Waals surface area contributed by atoms with E-state index in [1.807, 2.05) is 30.3 Å². The van der Waals surface area contributed by atoms with Gasteiger partial charge in [0.2, 0.25) is 0 Å². The molecule has 0 aliphatic heterocycles. The van der Waals surface area contributed by atoms with E-state index < -0.39 is 0 Å². The first-order valence-corrected chi connectivity index (χ1v) is 6.74. The van der Waals surface area contributed by atoms with Crippen LogP contribution < -0.4 is 5.73 Å². The monoisotopic (exact) mass is 305 g/mol. The minimum Gasteiger partial charge on any atom is -0.386 e. The highest BCUT2D eigenvalue weighted by atomic mass is 35.5. The molecular formula is C15H13Cl2N3. The van der Waals surface area contributed by atoms with Crippen LogP contribution in [0.1, 0.15) is 5.56 Å². The average Bonchev–Trinajstić information content (AvgIpc) is 2.43. The standard InChI is InChI=1S/C15H13Cl2N3/c16-13-7-4-8-14(17)12(13)9-19-10-15(18)20-11-5-2-1-3-6-11/h1-9H,10H2,(H2,18,20). The van der Waals surface area contributed by atoms with E-state index in [9.17, 15) is 0 Å². The first-order chi connectivity index (χ1) is 9.66. The highest BCUT2D eigenvalue weighted by molar-refractivity contribution is 6.38. The van der Waals surface area contributed by atoms with Gasteiger partial charge in [-0.25, -0.2) is 4.99 Å². The lowest BCUT2D eigenvalue weighted by Crippen LogP contribution is -2.15. The fourth-order valence-corrected chi connectivity index (χ4v) is 2.06. The van der Waals surface area contributed by atoms with Gasteiger partial charge in [0.1, 0.15) is 5.84 Å². The molecule has 20 heavy (non-hydrogen) atoms. The van der Waals surface area contributed by atoms with Gasteiger partial charge in [-0.3, -0.25) is 4.99 Å². The third-order valence-corrected chi connectivity index (χ3v) is 3.16. The lowest BCUT2D eigenvalue weighted by Gasteiger charge is -2.00. The Hall–Kier alpha value is -1.84. The molecule has 0 aliphatic rings. The first kappa shape index (κ1) is 14.6. The average molecular weight is 306 g/mol. The summed E-state index contributed by atoms with van der Waals surface area (Å²) in [6.45, 7) is 0.288. The number of rotatable bonds is 4. The zero-order chi connectivity index (χ0) is 14.4. The zero-order valence-corrected chi connectivity index (χ0v) is 12.1. The fraction of sp³-hybridized carbons (Fsp3) is 0.0667. The first-order valence-electron chi connectivity index (χ1n) is 5.99. The summed E-state index contributed by atoms with van der Waals surface area (Å²) >= 11 is 12.1. The van der Waals surface area contributed by atoms with Crippen LogP contribution in [0, 0.1) is 0 Å². The number of amidine groups is 1. The summed E-state index contributed by atoms with van der Waals surface area (Å²) in [5.74, 6) is 0.427. The van der Waals surface area contributed by atoms with E-state index in [4.69, 9.17) is 28.9 Å². The van der Waals surface area contributed by atoms with Crippen molar-refractivity contribution < 1.29 is 0 Å². The normalized spacial score (nSPS) is 12.0. The number of hydrogen-bond donors (Lipinski definition) is 1. The molecule has 0 saturated heterocycles. The summed E-state index contributed by atoms with van der Waals surface area (Å²) in [5.41, 5.74) is 7.30. The number of nitrogens with zero attached hydrogens (tertiary/aromatic N) is 2. The molecule has 2 N–H and O–H groups in total. The molecule has 0 radical (unpaired) electrons. The molecule has 0 aliphatic carbocycles. The predicted octanol–water partition coefficient (Wildman–Crippen LogP) is 4.10. The molecule has 0 atom stereocenters. The maximum absolute atomic E-state index is 6.04. The van der Waals surface area contributed by atoms with Gasteiger partial charge in [-0.2, -0.15) is 0 Å². The molecule has 0 spiro atoms. The van der Waals surface area contributed by atoms with Crippen molar-refractivity contribution in [3.8, 4) is 0 Å². The van der Waals surface area contributed by atoms with E-state index in [0.29, 0.717) is 21.4 Å². The topological polar surface area (TPSA) is 50.7 Å². The predicted molar refractivity (Wildman–Crippen MR) is 86.6 cm³/mol. The summed E-state index contributed by atoms with van der Waals surface area (Å²) < 4.78 is 0. The molecule has 0 fully saturated rings. The molecule has 2 aromatic rings. The third kappa shape index (κ3) is 4.08. The maximum atomic E-state index is 6.04. The van der Waals surface area contributed by atoms with Crippen molar-refractivity contribution in [2.45, 2.75) is 0 Å². The molecule has 0 heterocycles. The Kier molecular flexibility index (Phi) is 5.16. The third-order valence-electron chi connectivity index (χ3n) is 2.50. The second-order valence-corrected chi connectivity index (χ2v) is 4.86. The highest BCUT2D eigenvalue weighted by Crippen LogP contribution is 2.22. The maximum Gasteiger partial charge on any atom is 0.121 e. The molecule has 3 nitrogen and oxygen atoms in total. The van der Waals surface area contributed by atoms with Crippen LogP contribution in [0.3, 0.4) is 0 Å². The number of para-hydroxylation sites is 1. The molecule has 0 aromatic heterocycles. The molecule has 102 valence electrons. The van der Waals surface area contributed by atoms with Crippen LogP contribution in [0.25, 0.3) is 0 Å². The number of nitrogens with two attached hydrogens (primary N) is 1. The Labute approximate surface area is 127 Å². The molecule has 2 aromatic carbocycles. The van der Waals surface area contributed by atoms with Crippen LogP contribution in [-0.2, 0) is 0 Å². The van der Waals surface area contributed by atoms with Gasteiger partial charge in [-0.15, -0.1) is 0 Å². The van der Waals surface area contributed by atoms with Crippen molar-refractivity contribution in [2.24, 2.45) is 15.7 Å². The Balaban J connectivity index is 2.05. The number of aliphatic imine (C=N–C) groups is 2. The van der Waals surface area contributed by atoms with Gasteiger partial charge in [0.25, 0.3) is 0 Å². The molecular weight excluding hydrogens is 293 g/mol. The van der Waals surface area contributed by atoms with E-state index in [2.05, 4.69) is 9.98 Å². The summed E-state index contributed by atoms with van der Waals surface area (Å²) in [4.78, 5) is 8.46. The van der Waals surface area contributed by atoms with Crippen molar-refractivity contribution in [1.29, 1.82) is 0 Å². The van der Waals surface area contributed by atoms with E-state index in [0.717, 1.165) is 5.69 Å². The van der Waals surface area contributed by atoms with Gasteiger partial charge in [0.15, 0.2) is 0 Å².